The third-order valence-electron chi connectivity index (χ3n) is 4.05. The summed E-state index contributed by atoms with van der Waals surface area (Å²) in [5.74, 6) is 0.721. The number of aromatic nitrogens is 1. The molecule has 0 fully saturated rings. The molecule has 0 bridgehead atoms. The van der Waals surface area contributed by atoms with Gasteiger partial charge in [0.1, 0.15) is 22.6 Å². The molecule has 0 unspecified atom stereocenters. The van der Waals surface area contributed by atoms with Crippen LogP contribution >= 0.6 is 0 Å². The van der Waals surface area contributed by atoms with Crippen LogP contribution in [0.15, 0.2) is 57.5 Å². The van der Waals surface area contributed by atoms with Gasteiger partial charge in [-0.2, -0.15) is 0 Å². The average Bonchev–Trinajstić information content (AvgIpc) is 3.17. The van der Waals surface area contributed by atoms with Crippen LogP contribution in [0.5, 0.6) is 0 Å². The van der Waals surface area contributed by atoms with Crippen LogP contribution in [0.2, 0.25) is 0 Å². The number of furan rings is 1. The molecule has 2 aromatic heterocycles. The summed E-state index contributed by atoms with van der Waals surface area (Å²) < 4.78 is 10.9. The number of nitrogens with one attached hydrogen (secondary N) is 1. The fourth-order valence-corrected chi connectivity index (χ4v) is 2.83. The first-order valence-electron chi connectivity index (χ1n) is 7.96. The number of hydrogen-bond donors (Lipinski definition) is 1. The Bertz CT molecular complexity index is 1060. The molecule has 2 heterocycles. The highest BCUT2D eigenvalue weighted by atomic mass is 16.5. The molecule has 0 saturated heterocycles. The number of aryl methyl sites for hydroxylation is 1. The second-order valence-corrected chi connectivity index (χ2v) is 6.02. The van der Waals surface area contributed by atoms with Gasteiger partial charge in [-0.1, -0.05) is 23.4 Å². The summed E-state index contributed by atoms with van der Waals surface area (Å²) in [6, 6.07) is 15.1. The van der Waals surface area contributed by atoms with Gasteiger partial charge in [-0.15, -0.1) is 0 Å². The molecule has 126 valence electrons. The van der Waals surface area contributed by atoms with Gasteiger partial charge in [-0.05, 0) is 25.1 Å². The van der Waals surface area contributed by atoms with Crippen molar-refractivity contribution in [2.24, 2.45) is 0 Å². The summed E-state index contributed by atoms with van der Waals surface area (Å²) in [5, 5.41) is 8.86. The Morgan fingerprint density at radius 1 is 1.12 bits per heavy atom. The number of amides is 2. The maximum Gasteiger partial charge on any atom is 0.321 e. The third-order valence-corrected chi connectivity index (χ3v) is 4.05. The molecule has 0 spiro atoms. The molecule has 2 amide bonds. The Labute approximate surface area is 144 Å². The van der Waals surface area contributed by atoms with Crippen molar-refractivity contribution in [3.63, 3.8) is 0 Å². The maximum absolute atomic E-state index is 12.4. The van der Waals surface area contributed by atoms with Crippen LogP contribution in [-0.4, -0.2) is 23.1 Å². The summed E-state index contributed by atoms with van der Waals surface area (Å²) >= 11 is 0. The zero-order valence-electron chi connectivity index (χ0n) is 13.9. The topological polar surface area (TPSA) is 71.5 Å². The van der Waals surface area contributed by atoms with Gasteiger partial charge in [-0.25, -0.2) is 4.79 Å². The number of para-hydroxylation sites is 1. The van der Waals surface area contributed by atoms with Gasteiger partial charge in [-0.3, -0.25) is 0 Å². The minimum Gasteiger partial charge on any atom is -0.456 e. The Morgan fingerprint density at radius 3 is 2.72 bits per heavy atom. The number of fused-ring (bicyclic) bond motifs is 3. The smallest absolute Gasteiger partial charge is 0.321 e. The van der Waals surface area contributed by atoms with Crippen LogP contribution in [0.1, 0.15) is 11.5 Å². The Kier molecular flexibility index (Phi) is 3.65. The highest BCUT2D eigenvalue weighted by molar-refractivity contribution is 6.06. The van der Waals surface area contributed by atoms with E-state index in [1.165, 1.54) is 0 Å². The standard InChI is InChI=1S/C19H17N3O3/c1-12-9-14(21-25-12)11-22(2)19(23)20-13-7-8-16-15-5-3-4-6-17(15)24-18(16)10-13/h3-10H,11H2,1-2H3,(H,20,23). The lowest BCUT2D eigenvalue weighted by atomic mass is 10.1. The monoisotopic (exact) mass is 335 g/mol. The normalized spacial score (nSPS) is 11.1. The number of benzene rings is 2. The molecule has 1 N–H and O–H groups in total. The van der Waals surface area contributed by atoms with Crippen LogP contribution in [0.3, 0.4) is 0 Å². The van der Waals surface area contributed by atoms with Gasteiger partial charge < -0.3 is 19.2 Å². The van der Waals surface area contributed by atoms with E-state index in [2.05, 4.69) is 10.5 Å². The van der Waals surface area contributed by atoms with Crippen LogP contribution in [0.4, 0.5) is 10.5 Å². The minimum absolute atomic E-state index is 0.226. The number of carbonyl (C=O) groups is 1. The predicted molar refractivity (Wildman–Crippen MR) is 95.4 cm³/mol. The second-order valence-electron chi connectivity index (χ2n) is 6.02. The molecule has 0 aliphatic carbocycles. The van der Waals surface area contributed by atoms with E-state index in [9.17, 15) is 4.79 Å². The first-order valence-corrected chi connectivity index (χ1v) is 7.96. The van der Waals surface area contributed by atoms with E-state index in [0.29, 0.717) is 17.9 Å². The highest BCUT2D eigenvalue weighted by Crippen LogP contribution is 2.30. The summed E-state index contributed by atoms with van der Waals surface area (Å²) in [6.45, 7) is 2.19. The lowest BCUT2D eigenvalue weighted by Gasteiger charge is -2.16. The van der Waals surface area contributed by atoms with Crippen molar-refractivity contribution in [2.45, 2.75) is 13.5 Å². The zero-order chi connectivity index (χ0) is 17.4. The van der Waals surface area contributed by atoms with Gasteiger partial charge in [0.05, 0.1) is 6.54 Å². The molecule has 25 heavy (non-hydrogen) atoms. The summed E-state index contributed by atoms with van der Waals surface area (Å²) in [7, 11) is 1.71. The number of anilines is 1. The fraction of sp³-hybridized carbons (Fsp3) is 0.158. The van der Waals surface area contributed by atoms with Gasteiger partial charge in [0.15, 0.2) is 0 Å². The van der Waals surface area contributed by atoms with Crippen molar-refractivity contribution < 1.29 is 13.7 Å². The van der Waals surface area contributed by atoms with Crippen molar-refractivity contribution in [3.05, 3.63) is 60.0 Å². The summed E-state index contributed by atoms with van der Waals surface area (Å²) in [6.07, 6.45) is 0. The van der Waals surface area contributed by atoms with E-state index < -0.39 is 0 Å². The highest BCUT2D eigenvalue weighted by Gasteiger charge is 2.13. The number of carbonyl (C=O) groups excluding carboxylic acids is 1. The number of nitrogens with zero attached hydrogens (tertiary/aromatic N) is 2. The van der Waals surface area contributed by atoms with Crippen molar-refractivity contribution in [2.75, 3.05) is 12.4 Å². The molecule has 6 heteroatoms. The van der Waals surface area contributed by atoms with E-state index in [4.69, 9.17) is 8.94 Å². The Hall–Kier alpha value is -3.28. The van der Waals surface area contributed by atoms with Crippen molar-refractivity contribution >= 4 is 33.7 Å². The average molecular weight is 335 g/mol. The van der Waals surface area contributed by atoms with Crippen LogP contribution in [-0.2, 0) is 6.54 Å². The number of rotatable bonds is 3. The fourth-order valence-electron chi connectivity index (χ4n) is 2.83. The van der Waals surface area contributed by atoms with Gasteiger partial charge in [0, 0.05) is 35.6 Å². The molecule has 0 saturated carbocycles. The predicted octanol–water partition coefficient (Wildman–Crippen LogP) is 4.55. The molecule has 6 nitrogen and oxygen atoms in total. The van der Waals surface area contributed by atoms with Crippen molar-refractivity contribution in [1.29, 1.82) is 0 Å². The van der Waals surface area contributed by atoms with Crippen LogP contribution < -0.4 is 5.32 Å². The zero-order valence-corrected chi connectivity index (χ0v) is 13.9. The molecule has 0 aliphatic heterocycles. The largest absolute Gasteiger partial charge is 0.456 e. The Balaban J connectivity index is 1.53. The van der Waals surface area contributed by atoms with Crippen molar-refractivity contribution in [3.8, 4) is 0 Å². The quantitative estimate of drug-likeness (QED) is 0.596. The third kappa shape index (κ3) is 2.94. The van der Waals surface area contributed by atoms with Crippen LogP contribution in [0, 0.1) is 6.92 Å². The van der Waals surface area contributed by atoms with Crippen LogP contribution in [0.25, 0.3) is 21.9 Å². The van der Waals surface area contributed by atoms with E-state index in [1.54, 1.807) is 11.9 Å². The SMILES string of the molecule is Cc1cc(CN(C)C(=O)Nc2ccc3c(c2)oc2ccccc23)no1. The molecule has 4 rings (SSSR count). The molecular weight excluding hydrogens is 318 g/mol. The van der Waals surface area contributed by atoms with Gasteiger partial charge in [0.2, 0.25) is 0 Å². The molecule has 2 aromatic carbocycles. The molecule has 0 radical (unpaired) electrons. The Morgan fingerprint density at radius 2 is 1.92 bits per heavy atom. The number of hydrogen-bond acceptors (Lipinski definition) is 4. The van der Waals surface area contributed by atoms with Gasteiger partial charge in [0.25, 0.3) is 0 Å². The maximum atomic E-state index is 12.4. The van der Waals surface area contributed by atoms with Gasteiger partial charge >= 0.3 is 6.03 Å². The first-order chi connectivity index (χ1) is 12.1. The molecule has 0 aliphatic rings. The summed E-state index contributed by atoms with van der Waals surface area (Å²) in [5.41, 5.74) is 2.97. The van der Waals surface area contributed by atoms with E-state index >= 15 is 0 Å². The molecular formula is C19H17N3O3. The van der Waals surface area contributed by atoms with E-state index in [1.807, 2.05) is 55.5 Å². The molecule has 4 aromatic rings. The number of urea groups is 1. The molecule has 0 atom stereocenters. The first kappa shape index (κ1) is 15.3. The van der Waals surface area contributed by atoms with E-state index in [-0.39, 0.29) is 6.03 Å². The van der Waals surface area contributed by atoms with E-state index in [0.717, 1.165) is 27.7 Å². The lowest BCUT2D eigenvalue weighted by Crippen LogP contribution is -2.30. The lowest BCUT2D eigenvalue weighted by molar-refractivity contribution is 0.219. The summed E-state index contributed by atoms with van der Waals surface area (Å²) in [4.78, 5) is 13.9. The van der Waals surface area contributed by atoms with Crippen molar-refractivity contribution in [1.82, 2.24) is 10.1 Å². The minimum atomic E-state index is -0.226. The second kappa shape index (κ2) is 5.98.